The van der Waals surface area contributed by atoms with Crippen LogP contribution in [0.3, 0.4) is 0 Å². The summed E-state index contributed by atoms with van der Waals surface area (Å²) in [6.07, 6.45) is 1.41. The molecular weight excluding hydrogens is 293 g/mol. The lowest BCUT2D eigenvalue weighted by Crippen LogP contribution is -2.31. The first-order valence-electron chi connectivity index (χ1n) is 7.78. The molecule has 0 spiro atoms. The van der Waals surface area contributed by atoms with Crippen LogP contribution in [0, 0.1) is 12.7 Å². The minimum Gasteiger partial charge on any atom is -0.481 e. The predicted molar refractivity (Wildman–Crippen MR) is 88.8 cm³/mol. The SMILES string of the molecule is Cc1ccc(CNC(CCC(=O)O)Cc2ccccc2)cc1F. The van der Waals surface area contributed by atoms with Gasteiger partial charge in [0, 0.05) is 19.0 Å². The monoisotopic (exact) mass is 315 g/mol. The Morgan fingerprint density at radius 3 is 2.57 bits per heavy atom. The molecule has 0 heterocycles. The highest BCUT2D eigenvalue weighted by molar-refractivity contribution is 5.66. The first-order valence-corrected chi connectivity index (χ1v) is 7.78. The van der Waals surface area contributed by atoms with Crippen molar-refractivity contribution in [2.24, 2.45) is 0 Å². The van der Waals surface area contributed by atoms with Gasteiger partial charge in [0.2, 0.25) is 0 Å². The molecule has 2 aromatic carbocycles. The molecule has 0 aromatic heterocycles. The van der Waals surface area contributed by atoms with Gasteiger partial charge in [0.05, 0.1) is 0 Å². The van der Waals surface area contributed by atoms with Crippen LogP contribution in [0.25, 0.3) is 0 Å². The third-order valence-electron chi connectivity index (χ3n) is 3.86. The summed E-state index contributed by atoms with van der Waals surface area (Å²) in [6, 6.07) is 15.2. The molecule has 0 aliphatic rings. The minimum absolute atomic E-state index is 0.0397. The molecule has 1 unspecified atom stereocenters. The Kier molecular flexibility index (Phi) is 6.29. The highest BCUT2D eigenvalue weighted by Crippen LogP contribution is 2.12. The largest absolute Gasteiger partial charge is 0.481 e. The lowest BCUT2D eigenvalue weighted by atomic mass is 10.0. The molecule has 122 valence electrons. The molecule has 2 rings (SSSR count). The molecule has 0 fully saturated rings. The zero-order valence-corrected chi connectivity index (χ0v) is 13.3. The van der Waals surface area contributed by atoms with Crippen LogP contribution < -0.4 is 5.32 Å². The standard InChI is InChI=1S/C19H22FNO2/c1-14-7-8-16(12-18(14)20)13-21-17(9-10-19(22)23)11-15-5-3-2-4-6-15/h2-8,12,17,21H,9-11,13H2,1H3,(H,22,23). The Bertz CT molecular complexity index is 643. The summed E-state index contributed by atoms with van der Waals surface area (Å²) >= 11 is 0. The third-order valence-corrected chi connectivity index (χ3v) is 3.86. The van der Waals surface area contributed by atoms with Gasteiger partial charge in [0.15, 0.2) is 0 Å². The number of hydrogen-bond acceptors (Lipinski definition) is 2. The van der Waals surface area contributed by atoms with Crippen LogP contribution >= 0.6 is 0 Å². The van der Waals surface area contributed by atoms with Crippen molar-refractivity contribution in [3.8, 4) is 0 Å². The van der Waals surface area contributed by atoms with E-state index in [4.69, 9.17) is 5.11 Å². The number of hydrogen-bond donors (Lipinski definition) is 2. The number of carboxylic acid groups (broad SMARTS) is 1. The lowest BCUT2D eigenvalue weighted by Gasteiger charge is -2.18. The Labute approximate surface area is 136 Å². The van der Waals surface area contributed by atoms with Crippen LogP contribution in [0.1, 0.15) is 29.5 Å². The maximum atomic E-state index is 13.6. The Morgan fingerprint density at radius 1 is 1.17 bits per heavy atom. The van der Waals surface area contributed by atoms with Crippen LogP contribution in [0.4, 0.5) is 4.39 Å². The van der Waals surface area contributed by atoms with E-state index in [1.165, 1.54) is 6.07 Å². The number of halogens is 1. The van der Waals surface area contributed by atoms with Crippen molar-refractivity contribution in [1.82, 2.24) is 5.32 Å². The normalized spacial score (nSPS) is 12.1. The molecule has 0 saturated heterocycles. The molecule has 0 aliphatic heterocycles. The minimum atomic E-state index is -0.800. The molecule has 23 heavy (non-hydrogen) atoms. The molecule has 2 aromatic rings. The molecule has 0 saturated carbocycles. The van der Waals surface area contributed by atoms with Gasteiger partial charge in [-0.05, 0) is 42.5 Å². The number of aliphatic carboxylic acids is 1. The number of benzene rings is 2. The summed E-state index contributed by atoms with van der Waals surface area (Å²) < 4.78 is 13.6. The van der Waals surface area contributed by atoms with Crippen molar-refractivity contribution >= 4 is 5.97 Å². The number of aryl methyl sites for hydroxylation is 1. The van der Waals surface area contributed by atoms with Gasteiger partial charge in [-0.25, -0.2) is 4.39 Å². The van der Waals surface area contributed by atoms with Crippen molar-refractivity contribution in [3.63, 3.8) is 0 Å². The van der Waals surface area contributed by atoms with Crippen molar-refractivity contribution < 1.29 is 14.3 Å². The zero-order chi connectivity index (χ0) is 16.7. The molecule has 1 atom stereocenters. The van der Waals surface area contributed by atoms with Crippen molar-refractivity contribution in [2.75, 3.05) is 0 Å². The Hall–Kier alpha value is -2.20. The highest BCUT2D eigenvalue weighted by Gasteiger charge is 2.12. The summed E-state index contributed by atoms with van der Waals surface area (Å²) in [7, 11) is 0. The molecule has 3 nitrogen and oxygen atoms in total. The second kappa shape index (κ2) is 8.44. The van der Waals surface area contributed by atoms with Crippen molar-refractivity contribution in [3.05, 3.63) is 71.0 Å². The first-order chi connectivity index (χ1) is 11.0. The van der Waals surface area contributed by atoms with Crippen LogP contribution in [0.2, 0.25) is 0 Å². The maximum Gasteiger partial charge on any atom is 0.303 e. The van der Waals surface area contributed by atoms with Gasteiger partial charge in [0.1, 0.15) is 5.82 Å². The van der Waals surface area contributed by atoms with Crippen LogP contribution in [-0.2, 0) is 17.8 Å². The Morgan fingerprint density at radius 2 is 1.91 bits per heavy atom. The smallest absolute Gasteiger partial charge is 0.303 e. The first kappa shape index (κ1) is 17.2. The Balaban J connectivity index is 1.98. The second-order valence-electron chi connectivity index (χ2n) is 5.78. The zero-order valence-electron chi connectivity index (χ0n) is 13.3. The molecule has 4 heteroatoms. The van der Waals surface area contributed by atoms with Crippen molar-refractivity contribution in [2.45, 2.75) is 38.8 Å². The molecule has 0 radical (unpaired) electrons. The summed E-state index contributed by atoms with van der Waals surface area (Å²) in [4.78, 5) is 10.8. The molecule has 0 aliphatic carbocycles. The van der Waals surface area contributed by atoms with Gasteiger partial charge in [-0.1, -0.05) is 42.5 Å². The highest BCUT2D eigenvalue weighted by atomic mass is 19.1. The topological polar surface area (TPSA) is 49.3 Å². The van der Waals surface area contributed by atoms with E-state index in [9.17, 15) is 9.18 Å². The van der Waals surface area contributed by atoms with Crippen LogP contribution in [0.15, 0.2) is 48.5 Å². The summed E-state index contributed by atoms with van der Waals surface area (Å²) in [5, 5.41) is 12.3. The third kappa shape index (κ3) is 5.83. The van der Waals surface area contributed by atoms with Gasteiger partial charge < -0.3 is 10.4 Å². The number of nitrogens with one attached hydrogen (secondary N) is 1. The van der Waals surface area contributed by atoms with E-state index in [0.29, 0.717) is 18.5 Å². The van der Waals surface area contributed by atoms with E-state index in [0.717, 1.165) is 17.5 Å². The fourth-order valence-electron chi connectivity index (χ4n) is 2.48. The molecule has 0 bridgehead atoms. The molecular formula is C19H22FNO2. The summed E-state index contributed by atoms with van der Waals surface area (Å²) in [5.41, 5.74) is 2.65. The van der Waals surface area contributed by atoms with Gasteiger partial charge >= 0.3 is 5.97 Å². The molecule has 0 amide bonds. The van der Waals surface area contributed by atoms with Crippen LogP contribution in [-0.4, -0.2) is 17.1 Å². The second-order valence-corrected chi connectivity index (χ2v) is 5.78. The maximum absolute atomic E-state index is 13.6. The van der Waals surface area contributed by atoms with E-state index >= 15 is 0 Å². The fourth-order valence-corrected chi connectivity index (χ4v) is 2.48. The number of carboxylic acids is 1. The van der Waals surface area contributed by atoms with E-state index in [1.807, 2.05) is 36.4 Å². The van der Waals surface area contributed by atoms with E-state index < -0.39 is 5.97 Å². The number of carbonyl (C=O) groups is 1. The van der Waals surface area contributed by atoms with E-state index in [2.05, 4.69) is 5.32 Å². The van der Waals surface area contributed by atoms with E-state index in [1.54, 1.807) is 13.0 Å². The predicted octanol–water partition coefficient (Wildman–Crippen LogP) is 3.70. The summed E-state index contributed by atoms with van der Waals surface area (Å²) in [5.74, 6) is -1.01. The summed E-state index contributed by atoms with van der Waals surface area (Å²) in [6.45, 7) is 2.26. The lowest BCUT2D eigenvalue weighted by molar-refractivity contribution is -0.137. The van der Waals surface area contributed by atoms with Crippen LogP contribution in [0.5, 0.6) is 0 Å². The molecule has 2 N–H and O–H groups in total. The van der Waals surface area contributed by atoms with Gasteiger partial charge in [-0.3, -0.25) is 4.79 Å². The van der Waals surface area contributed by atoms with Gasteiger partial charge in [0.25, 0.3) is 0 Å². The van der Waals surface area contributed by atoms with Crippen molar-refractivity contribution in [1.29, 1.82) is 0 Å². The fraction of sp³-hybridized carbons (Fsp3) is 0.316. The van der Waals surface area contributed by atoms with E-state index in [-0.39, 0.29) is 18.3 Å². The number of rotatable bonds is 8. The quantitative estimate of drug-likeness (QED) is 0.781. The average molecular weight is 315 g/mol. The van der Waals surface area contributed by atoms with Gasteiger partial charge in [-0.15, -0.1) is 0 Å². The van der Waals surface area contributed by atoms with Gasteiger partial charge in [-0.2, -0.15) is 0 Å². The average Bonchev–Trinajstić information content (AvgIpc) is 2.54.